The summed E-state index contributed by atoms with van der Waals surface area (Å²) in [4.78, 5) is 0. The van der Waals surface area contributed by atoms with Crippen LogP contribution in [0.25, 0.3) is 0 Å². The van der Waals surface area contributed by atoms with Gasteiger partial charge in [-0.15, -0.1) is 0 Å². The molecule has 1 rings (SSSR count). The lowest BCUT2D eigenvalue weighted by Crippen LogP contribution is -2.39. The Kier molecular flexibility index (Phi) is 5.13. The van der Waals surface area contributed by atoms with E-state index in [1.165, 1.54) is 24.9 Å². The molecule has 0 N–H and O–H groups in total. The van der Waals surface area contributed by atoms with Gasteiger partial charge in [0.1, 0.15) is 0 Å². The Morgan fingerprint density at radius 1 is 1.43 bits per heavy atom. The Hall–Kier alpha value is 0.137. The highest BCUT2D eigenvalue weighted by Crippen LogP contribution is 2.28. The van der Waals surface area contributed by atoms with Crippen LogP contribution in [0.3, 0.4) is 0 Å². The minimum absolute atomic E-state index is 0.671. The first-order valence-corrected chi connectivity index (χ1v) is 8.70. The van der Waals surface area contributed by atoms with E-state index in [0.717, 1.165) is 19.8 Å². The summed E-state index contributed by atoms with van der Waals surface area (Å²) in [5, 5.41) is 0. The predicted molar refractivity (Wildman–Crippen MR) is 62.1 cm³/mol. The zero-order chi connectivity index (χ0) is 10.4. The zero-order valence-corrected chi connectivity index (χ0v) is 10.8. The van der Waals surface area contributed by atoms with E-state index in [1.54, 1.807) is 0 Å². The second-order valence-corrected chi connectivity index (χ2v) is 8.82. The van der Waals surface area contributed by atoms with E-state index in [2.05, 4.69) is 20.4 Å². The molecule has 0 radical (unpaired) electrons. The summed E-state index contributed by atoms with van der Waals surface area (Å²) >= 11 is 0. The van der Waals surface area contributed by atoms with Crippen molar-refractivity contribution in [1.82, 2.24) is 0 Å². The van der Waals surface area contributed by atoms with Gasteiger partial charge >= 0.3 is 0 Å². The molecule has 0 saturated carbocycles. The lowest BCUT2D eigenvalue weighted by molar-refractivity contribution is 0.119. The number of hydrogen-bond acceptors (Lipinski definition) is 2. The molecule has 1 heterocycles. The predicted octanol–water partition coefficient (Wildman–Crippen LogP) is 3.04. The topological polar surface area (TPSA) is 18.5 Å². The van der Waals surface area contributed by atoms with E-state index in [1.807, 2.05) is 0 Å². The molecule has 0 aliphatic carbocycles. The van der Waals surface area contributed by atoms with Crippen LogP contribution in [-0.2, 0) is 9.16 Å². The van der Waals surface area contributed by atoms with Gasteiger partial charge in [0.05, 0.1) is 0 Å². The standard InChI is InChI=1S/C11H24O2Si/c1-4-12-9-11(2)10-14(3)8-6-5-7-13-14/h11H,4-10H2,1-3H3. The summed E-state index contributed by atoms with van der Waals surface area (Å²) < 4.78 is 11.4. The SMILES string of the molecule is CCOCC(C)C[Si]1(C)CCCCO1. The van der Waals surface area contributed by atoms with Crippen LogP contribution < -0.4 is 0 Å². The lowest BCUT2D eigenvalue weighted by Gasteiger charge is -2.33. The number of rotatable bonds is 5. The zero-order valence-electron chi connectivity index (χ0n) is 9.84. The Labute approximate surface area is 89.1 Å². The van der Waals surface area contributed by atoms with Crippen molar-refractivity contribution in [3.8, 4) is 0 Å². The van der Waals surface area contributed by atoms with Gasteiger partial charge in [0.25, 0.3) is 0 Å². The molecule has 1 aliphatic rings. The van der Waals surface area contributed by atoms with Crippen molar-refractivity contribution >= 4 is 8.32 Å². The lowest BCUT2D eigenvalue weighted by atomic mass is 10.2. The molecular weight excluding hydrogens is 192 g/mol. The van der Waals surface area contributed by atoms with E-state index in [-0.39, 0.29) is 0 Å². The van der Waals surface area contributed by atoms with Crippen molar-refractivity contribution in [2.75, 3.05) is 19.8 Å². The second-order valence-electron chi connectivity index (χ2n) is 4.72. The molecule has 2 atom stereocenters. The fraction of sp³-hybridized carbons (Fsp3) is 1.00. The Bertz CT molecular complexity index is 155. The average molecular weight is 216 g/mol. The van der Waals surface area contributed by atoms with E-state index in [4.69, 9.17) is 9.16 Å². The quantitative estimate of drug-likeness (QED) is 0.658. The van der Waals surface area contributed by atoms with E-state index in [9.17, 15) is 0 Å². The van der Waals surface area contributed by atoms with Gasteiger partial charge in [0.15, 0.2) is 8.32 Å². The molecular formula is C11H24O2Si. The van der Waals surface area contributed by atoms with E-state index < -0.39 is 8.32 Å². The summed E-state index contributed by atoms with van der Waals surface area (Å²) in [6, 6.07) is 2.62. The molecule has 0 aromatic carbocycles. The Morgan fingerprint density at radius 2 is 2.21 bits per heavy atom. The highest BCUT2D eigenvalue weighted by atomic mass is 28.4. The maximum atomic E-state index is 6.00. The van der Waals surface area contributed by atoms with Gasteiger partial charge in [-0.2, -0.15) is 0 Å². The summed E-state index contributed by atoms with van der Waals surface area (Å²) in [7, 11) is -1.33. The van der Waals surface area contributed by atoms with Crippen LogP contribution >= 0.6 is 0 Å². The molecule has 0 spiro atoms. The van der Waals surface area contributed by atoms with E-state index in [0.29, 0.717) is 5.92 Å². The third-order valence-corrected chi connectivity index (χ3v) is 6.81. The molecule has 0 aromatic heterocycles. The van der Waals surface area contributed by atoms with Crippen molar-refractivity contribution < 1.29 is 9.16 Å². The third-order valence-electron chi connectivity index (χ3n) is 2.94. The van der Waals surface area contributed by atoms with Crippen LogP contribution in [0, 0.1) is 5.92 Å². The molecule has 0 aromatic rings. The van der Waals surface area contributed by atoms with Crippen molar-refractivity contribution in [1.29, 1.82) is 0 Å². The average Bonchev–Trinajstić information content (AvgIpc) is 2.15. The van der Waals surface area contributed by atoms with Gasteiger partial charge in [0.2, 0.25) is 0 Å². The van der Waals surface area contributed by atoms with Gasteiger partial charge < -0.3 is 9.16 Å². The van der Waals surface area contributed by atoms with Crippen LogP contribution in [0.15, 0.2) is 0 Å². The molecule has 0 bridgehead atoms. The summed E-state index contributed by atoms with van der Waals surface area (Å²) in [6.45, 7) is 9.47. The fourth-order valence-corrected chi connectivity index (χ4v) is 5.96. The molecule has 0 amide bonds. The first-order valence-electron chi connectivity index (χ1n) is 5.88. The van der Waals surface area contributed by atoms with Gasteiger partial charge in [-0.05, 0) is 37.9 Å². The molecule has 3 heteroatoms. The molecule has 14 heavy (non-hydrogen) atoms. The monoisotopic (exact) mass is 216 g/mol. The first kappa shape index (κ1) is 12.2. The second kappa shape index (κ2) is 5.88. The van der Waals surface area contributed by atoms with Gasteiger partial charge in [-0.25, -0.2) is 0 Å². The Morgan fingerprint density at radius 3 is 2.79 bits per heavy atom. The van der Waals surface area contributed by atoms with Crippen LogP contribution in [0.1, 0.15) is 26.7 Å². The smallest absolute Gasteiger partial charge is 0.190 e. The van der Waals surface area contributed by atoms with Crippen LogP contribution in [0.2, 0.25) is 18.6 Å². The van der Waals surface area contributed by atoms with Crippen molar-refractivity contribution in [2.24, 2.45) is 5.92 Å². The first-order chi connectivity index (χ1) is 6.66. The van der Waals surface area contributed by atoms with Gasteiger partial charge in [-0.3, -0.25) is 0 Å². The molecule has 84 valence electrons. The normalized spacial score (nSPS) is 30.2. The molecule has 1 fully saturated rings. The van der Waals surface area contributed by atoms with Crippen molar-refractivity contribution in [3.63, 3.8) is 0 Å². The minimum Gasteiger partial charge on any atom is -0.417 e. The largest absolute Gasteiger partial charge is 0.417 e. The maximum Gasteiger partial charge on any atom is 0.190 e. The fourth-order valence-electron chi connectivity index (χ4n) is 2.27. The van der Waals surface area contributed by atoms with Gasteiger partial charge in [-0.1, -0.05) is 13.3 Å². The highest BCUT2D eigenvalue weighted by Gasteiger charge is 2.32. The molecule has 1 aliphatic heterocycles. The Balaban J connectivity index is 2.25. The molecule has 1 saturated heterocycles. The summed E-state index contributed by atoms with van der Waals surface area (Å²) in [5.74, 6) is 0.671. The molecule has 2 unspecified atom stereocenters. The summed E-state index contributed by atoms with van der Waals surface area (Å²) in [5.41, 5.74) is 0. The number of ether oxygens (including phenoxy) is 1. The molecule has 2 nitrogen and oxygen atoms in total. The maximum absolute atomic E-state index is 6.00. The van der Waals surface area contributed by atoms with Gasteiger partial charge in [0, 0.05) is 19.8 Å². The summed E-state index contributed by atoms with van der Waals surface area (Å²) in [6.07, 6.45) is 2.65. The van der Waals surface area contributed by atoms with Crippen LogP contribution in [0.4, 0.5) is 0 Å². The van der Waals surface area contributed by atoms with Crippen molar-refractivity contribution in [3.05, 3.63) is 0 Å². The number of hydrogen-bond donors (Lipinski definition) is 0. The van der Waals surface area contributed by atoms with Crippen LogP contribution in [0.5, 0.6) is 0 Å². The van der Waals surface area contributed by atoms with Crippen molar-refractivity contribution in [2.45, 2.75) is 45.3 Å². The van der Waals surface area contributed by atoms with E-state index >= 15 is 0 Å². The van der Waals surface area contributed by atoms with Crippen LogP contribution in [-0.4, -0.2) is 28.1 Å². The highest BCUT2D eigenvalue weighted by molar-refractivity contribution is 6.72. The minimum atomic E-state index is -1.33. The third kappa shape index (κ3) is 4.11.